The zero-order valence-corrected chi connectivity index (χ0v) is 11.6. The third-order valence-electron chi connectivity index (χ3n) is 3.45. The molecule has 20 heavy (non-hydrogen) atoms. The van der Waals surface area contributed by atoms with E-state index in [1.807, 2.05) is 24.3 Å². The summed E-state index contributed by atoms with van der Waals surface area (Å²) >= 11 is 1.36. The molecular weight excluding hydrogens is 274 g/mol. The number of aliphatic hydroxyl groups is 1. The van der Waals surface area contributed by atoms with E-state index in [0.717, 1.165) is 16.1 Å². The molecule has 0 unspecified atom stereocenters. The van der Waals surface area contributed by atoms with Crippen molar-refractivity contribution in [2.45, 2.75) is 25.1 Å². The monoisotopic (exact) mass is 289 g/mol. The van der Waals surface area contributed by atoms with E-state index in [2.05, 4.69) is 10.3 Å². The molecule has 0 radical (unpaired) electrons. The highest BCUT2D eigenvalue weighted by Crippen LogP contribution is 2.31. The van der Waals surface area contributed by atoms with Gasteiger partial charge >= 0.3 is 0 Å². The third kappa shape index (κ3) is 2.33. The smallest absolute Gasteiger partial charge is 0.271 e. The number of carbonyl (C=O) groups is 1. The van der Waals surface area contributed by atoms with Crippen molar-refractivity contribution >= 4 is 17.2 Å². The van der Waals surface area contributed by atoms with Crippen molar-refractivity contribution in [1.29, 1.82) is 0 Å². The maximum atomic E-state index is 12.2. The Hall–Kier alpha value is -1.76. The molecule has 1 aromatic heterocycles. The number of hydrogen-bond acceptors (Lipinski definition) is 5. The van der Waals surface area contributed by atoms with Gasteiger partial charge in [-0.15, -0.1) is 11.3 Å². The van der Waals surface area contributed by atoms with Crippen LogP contribution in [0.25, 0.3) is 0 Å². The molecule has 0 saturated carbocycles. The number of aliphatic hydroxyl groups excluding tert-OH is 1. The van der Waals surface area contributed by atoms with Gasteiger partial charge in [-0.05, 0) is 11.1 Å². The van der Waals surface area contributed by atoms with Crippen LogP contribution >= 0.6 is 11.3 Å². The fourth-order valence-corrected chi connectivity index (χ4v) is 3.13. The summed E-state index contributed by atoms with van der Waals surface area (Å²) in [5, 5.41) is 15.4. The van der Waals surface area contributed by atoms with Gasteiger partial charge in [0.25, 0.3) is 5.91 Å². The van der Waals surface area contributed by atoms with Crippen LogP contribution in [0.3, 0.4) is 0 Å². The number of amides is 1. The molecule has 2 aromatic rings. The van der Waals surface area contributed by atoms with Crippen molar-refractivity contribution in [1.82, 2.24) is 10.3 Å². The summed E-state index contributed by atoms with van der Waals surface area (Å²) in [4.78, 5) is 16.3. The Morgan fingerprint density at radius 3 is 3.05 bits per heavy atom. The second-order valence-corrected chi connectivity index (χ2v) is 5.69. The summed E-state index contributed by atoms with van der Waals surface area (Å²) < 4.78 is 0. The number of nitrogens with one attached hydrogen (secondary N) is 1. The summed E-state index contributed by atoms with van der Waals surface area (Å²) in [5.74, 6) is -0.276. The van der Waals surface area contributed by atoms with Crippen LogP contribution in [-0.4, -0.2) is 22.1 Å². The van der Waals surface area contributed by atoms with Crippen LogP contribution in [0.4, 0.5) is 0 Å². The molecule has 2 atom stereocenters. The summed E-state index contributed by atoms with van der Waals surface area (Å²) in [6.45, 7) is 0.326. The van der Waals surface area contributed by atoms with Gasteiger partial charge in [-0.3, -0.25) is 4.79 Å². The van der Waals surface area contributed by atoms with E-state index in [4.69, 9.17) is 5.73 Å². The zero-order chi connectivity index (χ0) is 14.1. The molecule has 0 spiro atoms. The van der Waals surface area contributed by atoms with E-state index >= 15 is 0 Å². The molecule has 5 nitrogen and oxygen atoms in total. The molecule has 1 amide bonds. The lowest BCUT2D eigenvalue weighted by atomic mass is 10.1. The minimum absolute atomic E-state index is 0.276. The lowest BCUT2D eigenvalue weighted by molar-refractivity contribution is 0.0854. The zero-order valence-electron chi connectivity index (χ0n) is 10.7. The van der Waals surface area contributed by atoms with Crippen molar-refractivity contribution in [3.63, 3.8) is 0 Å². The number of hydrogen-bond donors (Lipinski definition) is 3. The van der Waals surface area contributed by atoms with Gasteiger partial charge in [0, 0.05) is 18.3 Å². The molecule has 0 aliphatic heterocycles. The van der Waals surface area contributed by atoms with Gasteiger partial charge in [-0.1, -0.05) is 24.3 Å². The van der Waals surface area contributed by atoms with E-state index in [9.17, 15) is 9.90 Å². The number of nitrogens with two attached hydrogens (primary N) is 1. The molecule has 3 rings (SSSR count). The quantitative estimate of drug-likeness (QED) is 0.786. The molecule has 4 N–H and O–H groups in total. The van der Waals surface area contributed by atoms with Gasteiger partial charge in [-0.25, -0.2) is 4.98 Å². The van der Waals surface area contributed by atoms with Crippen LogP contribution in [0.1, 0.15) is 32.7 Å². The van der Waals surface area contributed by atoms with Crippen LogP contribution in [-0.2, 0) is 13.0 Å². The topological polar surface area (TPSA) is 88.2 Å². The summed E-state index contributed by atoms with van der Waals surface area (Å²) in [6.07, 6.45) is -0.0318. The predicted molar refractivity (Wildman–Crippen MR) is 76.4 cm³/mol. The molecule has 104 valence electrons. The number of carbonyl (C=O) groups excluding carboxylic acids is 1. The SMILES string of the molecule is NCc1nc(C(=O)N[C@H]2c3ccccc3C[C@H]2O)cs1. The van der Waals surface area contributed by atoms with Crippen molar-refractivity contribution in [2.24, 2.45) is 5.73 Å². The van der Waals surface area contributed by atoms with Crippen LogP contribution in [0.2, 0.25) is 0 Å². The molecule has 0 saturated heterocycles. The summed E-state index contributed by atoms with van der Waals surface area (Å²) in [5.41, 5.74) is 7.89. The van der Waals surface area contributed by atoms with Crippen molar-refractivity contribution in [2.75, 3.05) is 0 Å². The van der Waals surface area contributed by atoms with Gasteiger partial charge in [-0.2, -0.15) is 0 Å². The minimum Gasteiger partial charge on any atom is -0.390 e. The first-order valence-corrected chi connectivity index (χ1v) is 7.28. The molecule has 1 aliphatic rings. The van der Waals surface area contributed by atoms with Gasteiger partial charge in [0.1, 0.15) is 10.7 Å². The van der Waals surface area contributed by atoms with Crippen LogP contribution in [0.5, 0.6) is 0 Å². The normalized spacial score (nSPS) is 20.7. The average Bonchev–Trinajstić information content (AvgIpc) is 3.04. The largest absolute Gasteiger partial charge is 0.390 e. The molecule has 1 heterocycles. The average molecular weight is 289 g/mol. The minimum atomic E-state index is -0.594. The highest BCUT2D eigenvalue weighted by Gasteiger charge is 2.32. The van der Waals surface area contributed by atoms with E-state index in [1.54, 1.807) is 5.38 Å². The summed E-state index contributed by atoms with van der Waals surface area (Å²) in [7, 11) is 0. The molecule has 1 aliphatic carbocycles. The Morgan fingerprint density at radius 1 is 1.50 bits per heavy atom. The molecule has 0 bridgehead atoms. The predicted octanol–water partition coefficient (Wildman–Crippen LogP) is 0.990. The first-order chi connectivity index (χ1) is 9.69. The van der Waals surface area contributed by atoms with E-state index in [1.165, 1.54) is 11.3 Å². The standard InChI is InChI=1S/C14H15N3O2S/c15-6-12-16-10(7-20-12)14(19)17-13-9-4-2-1-3-8(9)5-11(13)18/h1-4,7,11,13,18H,5-6,15H2,(H,17,19)/t11-,13+/m1/s1. The van der Waals surface area contributed by atoms with Crippen LogP contribution < -0.4 is 11.1 Å². The highest BCUT2D eigenvalue weighted by atomic mass is 32.1. The van der Waals surface area contributed by atoms with Crippen molar-refractivity contribution < 1.29 is 9.90 Å². The van der Waals surface area contributed by atoms with Gasteiger partial charge in [0.15, 0.2) is 0 Å². The number of aromatic nitrogens is 1. The number of thiazole rings is 1. The maximum absolute atomic E-state index is 12.2. The fraction of sp³-hybridized carbons (Fsp3) is 0.286. The second-order valence-electron chi connectivity index (χ2n) is 4.75. The van der Waals surface area contributed by atoms with Gasteiger partial charge in [0.2, 0.25) is 0 Å². The maximum Gasteiger partial charge on any atom is 0.271 e. The van der Waals surface area contributed by atoms with Gasteiger partial charge in [0.05, 0.1) is 12.1 Å². The number of benzene rings is 1. The Balaban J connectivity index is 1.79. The van der Waals surface area contributed by atoms with Crippen LogP contribution in [0.15, 0.2) is 29.6 Å². The lowest BCUT2D eigenvalue weighted by Crippen LogP contribution is -2.34. The van der Waals surface area contributed by atoms with Gasteiger partial charge < -0.3 is 16.2 Å². The Bertz CT molecular complexity index is 641. The second kappa shape index (κ2) is 5.32. The summed E-state index contributed by atoms with van der Waals surface area (Å²) in [6, 6.07) is 7.37. The molecule has 1 aromatic carbocycles. The fourth-order valence-electron chi connectivity index (χ4n) is 2.47. The van der Waals surface area contributed by atoms with E-state index in [-0.39, 0.29) is 11.9 Å². The first kappa shape index (κ1) is 13.2. The van der Waals surface area contributed by atoms with E-state index in [0.29, 0.717) is 18.7 Å². The number of rotatable bonds is 3. The molecule has 0 fully saturated rings. The molecular formula is C14H15N3O2S. The highest BCUT2D eigenvalue weighted by molar-refractivity contribution is 7.09. The van der Waals surface area contributed by atoms with Crippen molar-refractivity contribution in [3.8, 4) is 0 Å². The Morgan fingerprint density at radius 2 is 2.30 bits per heavy atom. The lowest BCUT2D eigenvalue weighted by Gasteiger charge is -2.17. The Labute approximate surface area is 120 Å². The molecule has 6 heteroatoms. The third-order valence-corrected chi connectivity index (χ3v) is 4.32. The Kier molecular flexibility index (Phi) is 3.52. The number of fused-ring (bicyclic) bond motifs is 1. The first-order valence-electron chi connectivity index (χ1n) is 6.40. The van der Waals surface area contributed by atoms with Crippen LogP contribution in [0, 0.1) is 0 Å². The van der Waals surface area contributed by atoms with E-state index < -0.39 is 6.10 Å². The van der Waals surface area contributed by atoms with Crippen molar-refractivity contribution in [3.05, 3.63) is 51.5 Å². The number of nitrogens with zero attached hydrogens (tertiary/aromatic N) is 1.